The Morgan fingerprint density at radius 1 is 1.20 bits per heavy atom. The lowest BCUT2D eigenvalue weighted by Gasteiger charge is -2.12. The predicted molar refractivity (Wildman–Crippen MR) is 74.6 cm³/mol. The Balaban J connectivity index is 2.19. The molecule has 0 aliphatic rings. The third-order valence-electron chi connectivity index (χ3n) is 2.78. The van der Waals surface area contributed by atoms with Gasteiger partial charge in [0.1, 0.15) is 23.7 Å². The minimum absolute atomic E-state index is 0.188. The van der Waals surface area contributed by atoms with E-state index in [1.54, 1.807) is 42.5 Å². The van der Waals surface area contributed by atoms with Crippen molar-refractivity contribution in [2.24, 2.45) is 0 Å². The molecule has 0 saturated heterocycles. The smallest absolute Gasteiger partial charge is 0.343 e. The second kappa shape index (κ2) is 5.97. The fraction of sp³-hybridized carbons (Fsp3) is 0.133. The monoisotopic (exact) mass is 273 g/mol. The SMILES string of the molecule is COC(=O)c1c(N)cccc1OCc1ccc(O)cc1. The molecule has 0 radical (unpaired) electrons. The standard InChI is InChI=1S/C15H15NO4/c1-19-15(18)14-12(16)3-2-4-13(14)20-9-10-5-7-11(17)8-6-10/h2-8,17H,9,16H2,1H3. The van der Waals surface area contributed by atoms with Gasteiger partial charge in [-0.15, -0.1) is 0 Å². The molecule has 0 fully saturated rings. The Kier molecular flexibility index (Phi) is 4.10. The molecule has 0 spiro atoms. The zero-order valence-corrected chi connectivity index (χ0v) is 11.0. The fourth-order valence-electron chi connectivity index (χ4n) is 1.74. The Hall–Kier alpha value is -2.69. The summed E-state index contributed by atoms with van der Waals surface area (Å²) in [5.74, 6) is 0.0155. The molecule has 2 aromatic carbocycles. The van der Waals surface area contributed by atoms with Gasteiger partial charge < -0.3 is 20.3 Å². The zero-order chi connectivity index (χ0) is 14.5. The van der Waals surface area contributed by atoms with Crippen molar-refractivity contribution in [2.75, 3.05) is 12.8 Å². The molecule has 0 aliphatic heterocycles. The van der Waals surface area contributed by atoms with Crippen LogP contribution in [0.25, 0.3) is 0 Å². The first-order valence-corrected chi connectivity index (χ1v) is 5.99. The van der Waals surface area contributed by atoms with Crippen molar-refractivity contribution in [1.82, 2.24) is 0 Å². The lowest BCUT2D eigenvalue weighted by molar-refractivity contribution is 0.0597. The van der Waals surface area contributed by atoms with E-state index >= 15 is 0 Å². The van der Waals surface area contributed by atoms with E-state index in [1.807, 2.05) is 0 Å². The average molecular weight is 273 g/mol. The van der Waals surface area contributed by atoms with E-state index in [1.165, 1.54) is 7.11 Å². The number of carbonyl (C=O) groups excluding carboxylic acids is 1. The topological polar surface area (TPSA) is 81.8 Å². The molecule has 3 N–H and O–H groups in total. The highest BCUT2D eigenvalue weighted by Crippen LogP contribution is 2.26. The summed E-state index contributed by atoms with van der Waals surface area (Å²) in [5, 5.41) is 9.21. The van der Waals surface area contributed by atoms with Gasteiger partial charge in [0, 0.05) is 5.69 Å². The Morgan fingerprint density at radius 2 is 1.90 bits per heavy atom. The van der Waals surface area contributed by atoms with Gasteiger partial charge in [0.15, 0.2) is 0 Å². The maximum atomic E-state index is 11.7. The van der Waals surface area contributed by atoms with Gasteiger partial charge in [-0.25, -0.2) is 4.79 Å². The van der Waals surface area contributed by atoms with Crippen LogP contribution in [-0.4, -0.2) is 18.2 Å². The summed E-state index contributed by atoms with van der Waals surface area (Å²) in [6.45, 7) is 0.258. The van der Waals surface area contributed by atoms with Crippen molar-refractivity contribution in [3.05, 3.63) is 53.6 Å². The molecule has 0 amide bonds. The van der Waals surface area contributed by atoms with E-state index in [9.17, 15) is 9.90 Å². The highest BCUT2D eigenvalue weighted by Gasteiger charge is 2.16. The molecular formula is C15H15NO4. The Morgan fingerprint density at radius 3 is 2.55 bits per heavy atom. The van der Waals surface area contributed by atoms with Gasteiger partial charge in [-0.05, 0) is 29.8 Å². The molecule has 0 aliphatic carbocycles. The highest BCUT2D eigenvalue weighted by atomic mass is 16.5. The van der Waals surface area contributed by atoms with Crippen molar-refractivity contribution < 1.29 is 19.4 Å². The second-order valence-corrected chi connectivity index (χ2v) is 4.17. The van der Waals surface area contributed by atoms with Gasteiger partial charge >= 0.3 is 5.97 Å². The van der Waals surface area contributed by atoms with E-state index in [0.29, 0.717) is 11.4 Å². The van der Waals surface area contributed by atoms with E-state index in [0.717, 1.165) is 5.56 Å². The number of rotatable bonds is 4. The van der Waals surface area contributed by atoms with Crippen LogP contribution in [0.2, 0.25) is 0 Å². The Bertz CT molecular complexity index is 608. The number of phenolic OH excluding ortho intramolecular Hbond substituents is 1. The van der Waals surface area contributed by atoms with Crippen LogP contribution in [0, 0.1) is 0 Å². The fourth-order valence-corrected chi connectivity index (χ4v) is 1.74. The largest absolute Gasteiger partial charge is 0.508 e. The first-order chi connectivity index (χ1) is 9.61. The van der Waals surface area contributed by atoms with E-state index in [4.69, 9.17) is 15.2 Å². The molecule has 2 aromatic rings. The minimum atomic E-state index is -0.538. The van der Waals surface area contributed by atoms with Gasteiger partial charge in [0.05, 0.1) is 7.11 Å². The highest BCUT2D eigenvalue weighted by molar-refractivity contribution is 5.98. The van der Waals surface area contributed by atoms with Crippen LogP contribution in [0.4, 0.5) is 5.69 Å². The molecule has 0 heterocycles. The van der Waals surface area contributed by atoms with Gasteiger partial charge in [0.2, 0.25) is 0 Å². The first-order valence-electron chi connectivity index (χ1n) is 5.99. The molecule has 0 atom stereocenters. The van der Waals surface area contributed by atoms with Crippen molar-refractivity contribution in [2.45, 2.75) is 6.61 Å². The van der Waals surface area contributed by atoms with Crippen LogP contribution in [0.3, 0.4) is 0 Å². The van der Waals surface area contributed by atoms with Gasteiger partial charge in [-0.3, -0.25) is 0 Å². The van der Waals surface area contributed by atoms with E-state index in [2.05, 4.69) is 0 Å². The summed E-state index contributed by atoms with van der Waals surface area (Å²) in [5.41, 5.74) is 7.16. The van der Waals surface area contributed by atoms with Crippen LogP contribution in [0.1, 0.15) is 15.9 Å². The summed E-state index contributed by atoms with van der Waals surface area (Å²) in [4.78, 5) is 11.7. The normalized spacial score (nSPS) is 10.1. The number of hydrogen-bond acceptors (Lipinski definition) is 5. The minimum Gasteiger partial charge on any atom is -0.508 e. The third kappa shape index (κ3) is 3.00. The predicted octanol–water partition coefficient (Wildman–Crippen LogP) is 2.34. The summed E-state index contributed by atoms with van der Waals surface area (Å²) < 4.78 is 10.3. The van der Waals surface area contributed by atoms with Crippen LogP contribution in [0.15, 0.2) is 42.5 Å². The number of carbonyl (C=O) groups is 1. The molecule has 5 heteroatoms. The summed E-state index contributed by atoms with van der Waals surface area (Å²) in [7, 11) is 1.29. The lowest BCUT2D eigenvalue weighted by atomic mass is 10.1. The molecule has 20 heavy (non-hydrogen) atoms. The van der Waals surface area contributed by atoms with Crippen molar-refractivity contribution in [3.63, 3.8) is 0 Å². The number of hydrogen-bond donors (Lipinski definition) is 2. The summed E-state index contributed by atoms with van der Waals surface area (Å²) >= 11 is 0. The molecule has 104 valence electrons. The lowest BCUT2D eigenvalue weighted by Crippen LogP contribution is -2.09. The molecule has 0 bridgehead atoms. The maximum absolute atomic E-state index is 11.7. The van der Waals surface area contributed by atoms with Crippen LogP contribution in [0.5, 0.6) is 11.5 Å². The summed E-state index contributed by atoms with van der Waals surface area (Å²) in [6.07, 6.45) is 0. The number of ether oxygens (including phenoxy) is 2. The molecule has 0 aromatic heterocycles. The maximum Gasteiger partial charge on any atom is 0.343 e. The van der Waals surface area contributed by atoms with E-state index < -0.39 is 5.97 Å². The number of methoxy groups -OCH3 is 1. The number of anilines is 1. The van der Waals surface area contributed by atoms with Crippen LogP contribution in [-0.2, 0) is 11.3 Å². The average Bonchev–Trinajstić information content (AvgIpc) is 2.46. The van der Waals surface area contributed by atoms with Gasteiger partial charge in [-0.2, -0.15) is 0 Å². The van der Waals surface area contributed by atoms with Gasteiger partial charge in [0.25, 0.3) is 0 Å². The number of esters is 1. The van der Waals surface area contributed by atoms with Crippen molar-refractivity contribution in [3.8, 4) is 11.5 Å². The molecule has 2 rings (SSSR count). The van der Waals surface area contributed by atoms with Crippen molar-refractivity contribution >= 4 is 11.7 Å². The number of nitrogens with two attached hydrogens (primary N) is 1. The quantitative estimate of drug-likeness (QED) is 0.660. The van der Waals surface area contributed by atoms with E-state index in [-0.39, 0.29) is 17.9 Å². The number of nitrogen functional groups attached to an aromatic ring is 1. The molecule has 5 nitrogen and oxygen atoms in total. The molecular weight excluding hydrogens is 258 g/mol. The van der Waals surface area contributed by atoms with Gasteiger partial charge in [-0.1, -0.05) is 18.2 Å². The zero-order valence-electron chi connectivity index (χ0n) is 11.0. The molecule has 0 saturated carbocycles. The van der Waals surface area contributed by atoms with Crippen LogP contribution >= 0.6 is 0 Å². The molecule has 0 unspecified atom stereocenters. The number of benzene rings is 2. The first kappa shape index (κ1) is 13.7. The van der Waals surface area contributed by atoms with Crippen LogP contribution < -0.4 is 10.5 Å². The number of phenols is 1. The summed E-state index contributed by atoms with van der Waals surface area (Å²) in [6, 6.07) is 11.6. The number of aromatic hydroxyl groups is 1. The second-order valence-electron chi connectivity index (χ2n) is 4.17. The Labute approximate surface area is 116 Å². The van der Waals surface area contributed by atoms with Crippen molar-refractivity contribution in [1.29, 1.82) is 0 Å². The third-order valence-corrected chi connectivity index (χ3v) is 2.78.